The van der Waals surface area contributed by atoms with Crippen LogP contribution in [-0.2, 0) is 0 Å². The maximum absolute atomic E-state index is 13.6. The highest BCUT2D eigenvalue weighted by molar-refractivity contribution is 5.98. The summed E-state index contributed by atoms with van der Waals surface area (Å²) in [4.78, 5) is 14.5. The first-order valence-electron chi connectivity index (χ1n) is 7.23. The topological polar surface area (TPSA) is 40.5 Å². The number of Topliss-reactive ketones (excluding diaryl/α,β-unsaturated/α-hetero) is 1. The minimum Gasteiger partial charge on any atom is -0.396 e. The molecule has 1 aliphatic rings. The lowest BCUT2D eigenvalue weighted by atomic mass is 9.98. The summed E-state index contributed by atoms with van der Waals surface area (Å²) in [5, 5.41) is 8.95. The van der Waals surface area contributed by atoms with Gasteiger partial charge in [-0.15, -0.1) is 0 Å². The minimum absolute atomic E-state index is 0.131. The predicted molar refractivity (Wildman–Crippen MR) is 76.1 cm³/mol. The van der Waals surface area contributed by atoms with Gasteiger partial charge < -0.3 is 10.0 Å². The van der Waals surface area contributed by atoms with Crippen LogP contribution in [0.15, 0.2) is 24.3 Å². The highest BCUT2D eigenvalue weighted by Crippen LogP contribution is 2.21. The van der Waals surface area contributed by atoms with E-state index >= 15 is 0 Å². The molecule has 1 aromatic rings. The van der Waals surface area contributed by atoms with E-state index in [2.05, 4.69) is 4.90 Å². The summed E-state index contributed by atoms with van der Waals surface area (Å²) in [5.41, 5.74) is 0.186. The van der Waals surface area contributed by atoms with E-state index in [4.69, 9.17) is 5.11 Å². The molecule has 1 fully saturated rings. The van der Waals surface area contributed by atoms with E-state index in [1.807, 2.05) is 6.92 Å². The largest absolute Gasteiger partial charge is 0.396 e. The molecule has 0 saturated carbocycles. The fraction of sp³-hybridized carbons (Fsp3) is 0.562. The average Bonchev–Trinajstić information content (AvgIpc) is 2.86. The molecule has 0 aromatic heterocycles. The molecule has 1 heterocycles. The van der Waals surface area contributed by atoms with Crippen molar-refractivity contribution in [3.63, 3.8) is 0 Å². The molecule has 0 radical (unpaired) electrons. The normalized spacial score (nSPS) is 21.1. The first-order chi connectivity index (χ1) is 9.61. The van der Waals surface area contributed by atoms with Gasteiger partial charge in [0.15, 0.2) is 5.78 Å². The summed E-state index contributed by atoms with van der Waals surface area (Å²) in [7, 11) is 0. The molecule has 4 heteroatoms. The van der Waals surface area contributed by atoms with Gasteiger partial charge in [-0.3, -0.25) is 4.79 Å². The van der Waals surface area contributed by atoms with E-state index in [0.29, 0.717) is 12.5 Å². The number of hydrogen-bond acceptors (Lipinski definition) is 3. The van der Waals surface area contributed by atoms with Gasteiger partial charge in [0.1, 0.15) is 5.82 Å². The fourth-order valence-electron chi connectivity index (χ4n) is 2.89. The number of aliphatic hydroxyl groups excluding tert-OH is 1. The predicted octanol–water partition coefficient (Wildman–Crippen LogP) is 2.35. The number of halogens is 1. The Balaban J connectivity index is 1.91. The van der Waals surface area contributed by atoms with Gasteiger partial charge in [0.05, 0.1) is 5.56 Å². The average molecular weight is 279 g/mol. The number of carbonyl (C=O) groups excluding carboxylic acids is 1. The molecule has 1 saturated heterocycles. The first kappa shape index (κ1) is 15.1. The van der Waals surface area contributed by atoms with E-state index in [0.717, 1.165) is 25.9 Å². The van der Waals surface area contributed by atoms with Crippen LogP contribution in [0.3, 0.4) is 0 Å². The summed E-state index contributed by atoms with van der Waals surface area (Å²) in [6.07, 6.45) is 1.90. The standard InChI is InChI=1S/C16H22FNO2/c1-12(10-18-8-6-13(11-18)7-9-19)16(20)14-4-2-3-5-15(14)17/h2-5,12-13,19H,6-11H2,1H3. The van der Waals surface area contributed by atoms with Gasteiger partial charge in [-0.05, 0) is 37.4 Å². The third kappa shape index (κ3) is 3.64. The van der Waals surface area contributed by atoms with Crippen molar-refractivity contribution in [1.82, 2.24) is 4.90 Å². The van der Waals surface area contributed by atoms with Crippen LogP contribution in [0.5, 0.6) is 0 Å². The molecule has 0 spiro atoms. The van der Waals surface area contributed by atoms with Crippen LogP contribution in [0.2, 0.25) is 0 Å². The quantitative estimate of drug-likeness (QED) is 0.813. The molecule has 1 aliphatic heterocycles. The smallest absolute Gasteiger partial charge is 0.169 e. The molecule has 2 rings (SSSR count). The van der Waals surface area contributed by atoms with E-state index < -0.39 is 5.82 Å². The Morgan fingerprint density at radius 1 is 1.50 bits per heavy atom. The number of likely N-dealkylation sites (tertiary alicyclic amines) is 1. The third-order valence-corrected chi connectivity index (χ3v) is 4.03. The Kier molecular flexibility index (Phi) is 5.26. The van der Waals surface area contributed by atoms with Crippen LogP contribution in [0.4, 0.5) is 4.39 Å². The van der Waals surface area contributed by atoms with Crippen molar-refractivity contribution in [2.45, 2.75) is 19.8 Å². The summed E-state index contributed by atoms with van der Waals surface area (Å²) >= 11 is 0. The second-order valence-corrected chi connectivity index (χ2v) is 5.67. The molecule has 20 heavy (non-hydrogen) atoms. The van der Waals surface area contributed by atoms with Crippen molar-refractivity contribution in [3.8, 4) is 0 Å². The lowest BCUT2D eigenvalue weighted by molar-refractivity contribution is 0.0896. The number of aliphatic hydroxyl groups is 1. The van der Waals surface area contributed by atoms with Crippen LogP contribution in [-0.4, -0.2) is 42.0 Å². The molecule has 0 bridgehead atoms. The van der Waals surface area contributed by atoms with E-state index in [1.54, 1.807) is 18.2 Å². The van der Waals surface area contributed by atoms with E-state index in [1.165, 1.54) is 6.07 Å². The van der Waals surface area contributed by atoms with Crippen molar-refractivity contribution in [3.05, 3.63) is 35.6 Å². The van der Waals surface area contributed by atoms with Gasteiger partial charge in [0.2, 0.25) is 0 Å². The van der Waals surface area contributed by atoms with Crippen molar-refractivity contribution in [1.29, 1.82) is 0 Å². The van der Waals surface area contributed by atoms with Crippen molar-refractivity contribution >= 4 is 5.78 Å². The summed E-state index contributed by atoms with van der Waals surface area (Å²) in [6.45, 7) is 4.63. The second kappa shape index (κ2) is 6.95. The molecule has 1 aromatic carbocycles. The van der Waals surface area contributed by atoms with Crippen molar-refractivity contribution < 1.29 is 14.3 Å². The summed E-state index contributed by atoms with van der Waals surface area (Å²) in [5.74, 6) is -0.256. The third-order valence-electron chi connectivity index (χ3n) is 4.03. The Labute approximate surface area is 119 Å². The van der Waals surface area contributed by atoms with Crippen LogP contribution >= 0.6 is 0 Å². The van der Waals surface area contributed by atoms with Crippen molar-refractivity contribution in [2.24, 2.45) is 11.8 Å². The maximum Gasteiger partial charge on any atom is 0.169 e. The number of nitrogens with zero attached hydrogens (tertiary/aromatic N) is 1. The maximum atomic E-state index is 13.6. The second-order valence-electron chi connectivity index (χ2n) is 5.67. The lowest BCUT2D eigenvalue weighted by Crippen LogP contribution is -2.30. The SMILES string of the molecule is CC(CN1CCC(CCO)C1)C(=O)c1ccccc1F. The van der Waals surface area contributed by atoms with Gasteiger partial charge in [0.25, 0.3) is 0 Å². The molecular weight excluding hydrogens is 257 g/mol. The molecule has 2 atom stereocenters. The van der Waals surface area contributed by atoms with Gasteiger partial charge in [-0.2, -0.15) is 0 Å². The van der Waals surface area contributed by atoms with Gasteiger partial charge in [0, 0.05) is 25.6 Å². The molecule has 0 aliphatic carbocycles. The summed E-state index contributed by atoms with van der Waals surface area (Å²) < 4.78 is 13.6. The van der Waals surface area contributed by atoms with E-state index in [9.17, 15) is 9.18 Å². The zero-order chi connectivity index (χ0) is 14.5. The van der Waals surface area contributed by atoms with Crippen LogP contribution in [0, 0.1) is 17.7 Å². The number of hydrogen-bond donors (Lipinski definition) is 1. The highest BCUT2D eigenvalue weighted by Gasteiger charge is 2.26. The van der Waals surface area contributed by atoms with Gasteiger partial charge >= 0.3 is 0 Å². The minimum atomic E-state index is -0.441. The highest BCUT2D eigenvalue weighted by atomic mass is 19.1. The number of benzene rings is 1. The molecule has 2 unspecified atom stereocenters. The first-order valence-corrected chi connectivity index (χ1v) is 7.23. The molecule has 3 nitrogen and oxygen atoms in total. The van der Waals surface area contributed by atoms with Crippen molar-refractivity contribution in [2.75, 3.05) is 26.2 Å². The Morgan fingerprint density at radius 2 is 2.25 bits per heavy atom. The molecule has 1 N–H and O–H groups in total. The van der Waals surface area contributed by atoms with Gasteiger partial charge in [-0.25, -0.2) is 4.39 Å². The zero-order valence-electron chi connectivity index (χ0n) is 11.9. The van der Waals surface area contributed by atoms with Crippen LogP contribution < -0.4 is 0 Å². The number of ketones is 1. The lowest BCUT2D eigenvalue weighted by Gasteiger charge is -2.20. The monoisotopic (exact) mass is 279 g/mol. The van der Waals surface area contributed by atoms with Crippen LogP contribution in [0.25, 0.3) is 0 Å². The molecule has 110 valence electrons. The fourth-order valence-corrected chi connectivity index (χ4v) is 2.89. The number of rotatable bonds is 6. The van der Waals surface area contributed by atoms with Crippen LogP contribution in [0.1, 0.15) is 30.1 Å². The Hall–Kier alpha value is -1.26. The van der Waals surface area contributed by atoms with E-state index in [-0.39, 0.29) is 23.9 Å². The molecular formula is C16H22FNO2. The van der Waals surface area contributed by atoms with Gasteiger partial charge in [-0.1, -0.05) is 19.1 Å². The molecule has 0 amide bonds. The summed E-state index contributed by atoms with van der Waals surface area (Å²) in [6, 6.07) is 6.16. The Morgan fingerprint density at radius 3 is 2.95 bits per heavy atom. The zero-order valence-corrected chi connectivity index (χ0v) is 11.9. The number of carbonyl (C=O) groups is 1. The Bertz CT molecular complexity index is 464.